The van der Waals surface area contributed by atoms with E-state index in [1.165, 1.54) is 0 Å². The Morgan fingerprint density at radius 2 is 2.00 bits per heavy atom. The van der Waals surface area contributed by atoms with Crippen molar-refractivity contribution in [2.45, 2.75) is 32.3 Å². The van der Waals surface area contributed by atoms with E-state index in [-0.39, 0.29) is 6.61 Å². The molecule has 0 bridgehead atoms. The summed E-state index contributed by atoms with van der Waals surface area (Å²) in [4.78, 5) is 0. The predicted octanol–water partition coefficient (Wildman–Crippen LogP) is 0.546. The third-order valence-electron chi connectivity index (χ3n) is 1.47. The third-order valence-corrected chi connectivity index (χ3v) is 1.47. The van der Waals surface area contributed by atoms with Crippen molar-refractivity contribution < 1.29 is 14.9 Å². The number of aliphatic hydroxyl groups excluding tert-OH is 1. The molecule has 0 aliphatic heterocycles. The van der Waals surface area contributed by atoms with Gasteiger partial charge in [0.25, 0.3) is 0 Å². The van der Waals surface area contributed by atoms with Gasteiger partial charge in [0.05, 0.1) is 12.2 Å². The van der Waals surface area contributed by atoms with Gasteiger partial charge in [-0.15, -0.1) is 0 Å². The molecule has 0 aliphatic rings. The lowest BCUT2D eigenvalue weighted by atomic mass is 10.1. The number of ether oxygens (including phenoxy) is 1. The van der Waals surface area contributed by atoms with E-state index in [0.717, 1.165) is 13.0 Å². The van der Waals surface area contributed by atoms with E-state index >= 15 is 0 Å². The van der Waals surface area contributed by atoms with Gasteiger partial charge >= 0.3 is 0 Å². The highest BCUT2D eigenvalue weighted by Crippen LogP contribution is 2.07. The van der Waals surface area contributed by atoms with Crippen LogP contribution in [0.4, 0.5) is 0 Å². The van der Waals surface area contributed by atoms with Gasteiger partial charge in [-0.3, -0.25) is 0 Å². The summed E-state index contributed by atoms with van der Waals surface area (Å²) in [7, 11) is 0. The topological polar surface area (TPSA) is 49.7 Å². The minimum Gasteiger partial charge on any atom is -0.393 e. The lowest BCUT2D eigenvalue weighted by Gasteiger charge is -2.19. The van der Waals surface area contributed by atoms with Gasteiger partial charge in [0.2, 0.25) is 0 Å². The fourth-order valence-electron chi connectivity index (χ4n) is 0.617. The van der Waals surface area contributed by atoms with Crippen molar-refractivity contribution in [3.8, 4) is 0 Å². The second-order valence-electron chi connectivity index (χ2n) is 3.02. The van der Waals surface area contributed by atoms with Crippen LogP contribution in [0.15, 0.2) is 0 Å². The van der Waals surface area contributed by atoms with Crippen LogP contribution in [0.25, 0.3) is 0 Å². The van der Waals surface area contributed by atoms with Crippen LogP contribution in [-0.4, -0.2) is 35.6 Å². The van der Waals surface area contributed by atoms with Crippen LogP contribution in [0.2, 0.25) is 0 Å². The van der Waals surface area contributed by atoms with Crippen LogP contribution in [0.3, 0.4) is 0 Å². The normalized spacial score (nSPS) is 16.4. The van der Waals surface area contributed by atoms with Gasteiger partial charge < -0.3 is 14.9 Å². The smallest absolute Gasteiger partial charge is 0.0871 e. The van der Waals surface area contributed by atoms with Crippen LogP contribution in [-0.2, 0) is 4.74 Å². The molecule has 0 spiro atoms. The second kappa shape index (κ2) is 5.52. The van der Waals surface area contributed by atoms with Crippen molar-refractivity contribution >= 4 is 0 Å². The van der Waals surface area contributed by atoms with Crippen LogP contribution < -0.4 is 0 Å². The highest BCUT2D eigenvalue weighted by molar-refractivity contribution is 4.69. The molecule has 0 aromatic carbocycles. The van der Waals surface area contributed by atoms with E-state index in [0.29, 0.717) is 13.0 Å². The average Bonchev–Trinajstić information content (AvgIpc) is 1.99. The van der Waals surface area contributed by atoms with Gasteiger partial charge in [-0.2, -0.15) is 0 Å². The summed E-state index contributed by atoms with van der Waals surface area (Å²) in [6.45, 7) is 4.66. The molecule has 0 fully saturated rings. The molecule has 2 N–H and O–H groups in total. The molecule has 0 aliphatic carbocycles. The molecule has 68 valence electrons. The highest BCUT2D eigenvalue weighted by Gasteiger charge is 2.17. The zero-order chi connectivity index (χ0) is 8.74. The monoisotopic (exact) mass is 162 g/mol. The summed E-state index contributed by atoms with van der Waals surface area (Å²) >= 11 is 0. The summed E-state index contributed by atoms with van der Waals surface area (Å²) in [6, 6.07) is 0. The Bertz CT molecular complexity index is 91.3. The van der Waals surface area contributed by atoms with Crippen LogP contribution in [0, 0.1) is 0 Å². The molecule has 0 aromatic heterocycles. The molecule has 0 saturated heterocycles. The molecule has 0 amide bonds. The minimum absolute atomic E-state index is 0.206. The standard InChI is InChI=1S/C8H18O3/c1-3-5-11-6-4-8(2,10)7-9/h9-10H,3-7H2,1-2H3/t8-/m1/s1. The fourth-order valence-corrected chi connectivity index (χ4v) is 0.617. The average molecular weight is 162 g/mol. The molecule has 0 radical (unpaired) electrons. The van der Waals surface area contributed by atoms with Crippen LogP contribution >= 0.6 is 0 Å². The Morgan fingerprint density at radius 3 is 2.45 bits per heavy atom. The molecular weight excluding hydrogens is 144 g/mol. The van der Waals surface area contributed by atoms with Crippen LogP contribution in [0.5, 0.6) is 0 Å². The lowest BCUT2D eigenvalue weighted by Crippen LogP contribution is -2.30. The maximum atomic E-state index is 9.29. The summed E-state index contributed by atoms with van der Waals surface area (Å²) in [5.41, 5.74) is -0.978. The van der Waals surface area contributed by atoms with Crippen molar-refractivity contribution in [1.82, 2.24) is 0 Å². The van der Waals surface area contributed by atoms with Gasteiger partial charge in [0.15, 0.2) is 0 Å². The first-order chi connectivity index (χ1) is 5.12. The molecule has 11 heavy (non-hydrogen) atoms. The minimum atomic E-state index is -0.978. The molecule has 3 nitrogen and oxygen atoms in total. The number of hydrogen-bond acceptors (Lipinski definition) is 3. The van der Waals surface area contributed by atoms with E-state index in [4.69, 9.17) is 9.84 Å². The van der Waals surface area contributed by atoms with E-state index in [9.17, 15) is 5.11 Å². The van der Waals surface area contributed by atoms with Gasteiger partial charge in [-0.25, -0.2) is 0 Å². The summed E-state index contributed by atoms with van der Waals surface area (Å²) < 4.78 is 5.15. The van der Waals surface area contributed by atoms with Crippen molar-refractivity contribution in [2.75, 3.05) is 19.8 Å². The summed E-state index contributed by atoms with van der Waals surface area (Å²) in [5, 5.41) is 17.9. The van der Waals surface area contributed by atoms with Crippen molar-refractivity contribution in [1.29, 1.82) is 0 Å². The first kappa shape index (κ1) is 10.9. The molecule has 0 aromatic rings. The molecule has 0 unspecified atom stereocenters. The Morgan fingerprint density at radius 1 is 1.36 bits per heavy atom. The maximum absolute atomic E-state index is 9.29. The Labute approximate surface area is 68.0 Å². The second-order valence-corrected chi connectivity index (χ2v) is 3.02. The first-order valence-corrected chi connectivity index (χ1v) is 4.03. The van der Waals surface area contributed by atoms with Gasteiger partial charge in [0.1, 0.15) is 0 Å². The Kier molecular flexibility index (Phi) is 5.46. The number of hydrogen-bond donors (Lipinski definition) is 2. The maximum Gasteiger partial charge on any atom is 0.0871 e. The van der Waals surface area contributed by atoms with E-state index < -0.39 is 5.60 Å². The molecule has 3 heteroatoms. The van der Waals surface area contributed by atoms with E-state index in [1.54, 1.807) is 6.92 Å². The Hall–Kier alpha value is -0.120. The zero-order valence-corrected chi connectivity index (χ0v) is 7.34. The van der Waals surface area contributed by atoms with Gasteiger partial charge in [-0.05, 0) is 13.3 Å². The van der Waals surface area contributed by atoms with Crippen LogP contribution in [0.1, 0.15) is 26.7 Å². The lowest BCUT2D eigenvalue weighted by molar-refractivity contribution is -0.0265. The van der Waals surface area contributed by atoms with Crippen molar-refractivity contribution in [3.63, 3.8) is 0 Å². The quantitative estimate of drug-likeness (QED) is 0.561. The zero-order valence-electron chi connectivity index (χ0n) is 7.34. The summed E-state index contributed by atoms with van der Waals surface area (Å²) in [5.74, 6) is 0. The summed E-state index contributed by atoms with van der Waals surface area (Å²) in [6.07, 6.45) is 1.48. The fraction of sp³-hybridized carbons (Fsp3) is 1.00. The van der Waals surface area contributed by atoms with E-state index in [2.05, 4.69) is 0 Å². The predicted molar refractivity (Wildman–Crippen MR) is 43.4 cm³/mol. The highest BCUT2D eigenvalue weighted by atomic mass is 16.5. The first-order valence-electron chi connectivity index (χ1n) is 4.03. The molecule has 0 saturated carbocycles. The largest absolute Gasteiger partial charge is 0.393 e. The van der Waals surface area contributed by atoms with Crippen molar-refractivity contribution in [2.24, 2.45) is 0 Å². The molecule has 0 heterocycles. The molecular formula is C8H18O3. The molecule has 1 atom stereocenters. The third kappa shape index (κ3) is 6.28. The van der Waals surface area contributed by atoms with Gasteiger partial charge in [0, 0.05) is 19.6 Å². The number of aliphatic hydroxyl groups is 2. The SMILES string of the molecule is CCCOCC[C@@](C)(O)CO. The van der Waals surface area contributed by atoms with Gasteiger partial charge in [-0.1, -0.05) is 6.92 Å². The molecule has 0 rings (SSSR count). The van der Waals surface area contributed by atoms with E-state index in [1.807, 2.05) is 6.92 Å². The Balaban J connectivity index is 3.23. The van der Waals surface area contributed by atoms with Crippen molar-refractivity contribution in [3.05, 3.63) is 0 Å². The number of rotatable bonds is 6.